The minimum absolute atomic E-state index is 0.212. The van der Waals surface area contributed by atoms with Crippen LogP contribution in [0.1, 0.15) is 33.6 Å². The second-order valence-electron chi connectivity index (χ2n) is 5.92. The Bertz CT molecular complexity index is 372. The molecule has 0 unspecified atom stereocenters. The van der Waals surface area contributed by atoms with E-state index in [0.717, 1.165) is 0 Å². The van der Waals surface area contributed by atoms with Crippen LogP contribution in [0.3, 0.4) is 0 Å². The SMILES string of the molecule is COC(=O)CCN(CCNC(=O)OC(C)(C)C)CCC(=O)OC. The molecule has 0 bridgehead atoms. The number of carbonyl (C=O) groups is 3. The van der Waals surface area contributed by atoms with Crippen LogP contribution in [0.4, 0.5) is 4.79 Å². The fourth-order valence-electron chi connectivity index (χ4n) is 1.67. The molecule has 1 N–H and O–H groups in total. The fourth-order valence-corrected chi connectivity index (χ4v) is 1.67. The van der Waals surface area contributed by atoms with Gasteiger partial charge in [-0.3, -0.25) is 9.59 Å². The Balaban J connectivity index is 4.25. The second kappa shape index (κ2) is 10.8. The Morgan fingerprint density at radius 3 is 1.78 bits per heavy atom. The van der Waals surface area contributed by atoms with E-state index in [2.05, 4.69) is 14.8 Å². The fraction of sp³-hybridized carbons (Fsp3) is 0.800. The smallest absolute Gasteiger partial charge is 0.407 e. The molecule has 0 aliphatic heterocycles. The number of rotatable bonds is 9. The predicted molar refractivity (Wildman–Crippen MR) is 83.9 cm³/mol. The van der Waals surface area contributed by atoms with Crippen LogP contribution >= 0.6 is 0 Å². The lowest BCUT2D eigenvalue weighted by Crippen LogP contribution is -2.39. The van der Waals surface area contributed by atoms with E-state index in [0.29, 0.717) is 26.2 Å². The van der Waals surface area contributed by atoms with Crippen LogP contribution in [0.15, 0.2) is 0 Å². The van der Waals surface area contributed by atoms with Crippen LogP contribution < -0.4 is 5.32 Å². The molecule has 8 heteroatoms. The van der Waals surface area contributed by atoms with Crippen molar-refractivity contribution < 1.29 is 28.6 Å². The van der Waals surface area contributed by atoms with Crippen molar-refractivity contribution in [1.29, 1.82) is 0 Å². The number of methoxy groups -OCH3 is 2. The number of nitrogens with one attached hydrogen (secondary N) is 1. The van der Waals surface area contributed by atoms with E-state index < -0.39 is 11.7 Å². The van der Waals surface area contributed by atoms with Crippen molar-refractivity contribution >= 4 is 18.0 Å². The Hall–Kier alpha value is -1.83. The first-order valence-corrected chi connectivity index (χ1v) is 7.50. The topological polar surface area (TPSA) is 94.2 Å². The molecule has 0 spiro atoms. The lowest BCUT2D eigenvalue weighted by atomic mass is 10.2. The summed E-state index contributed by atoms with van der Waals surface area (Å²) in [6.07, 6.45) is -0.0767. The molecule has 0 rings (SSSR count). The van der Waals surface area contributed by atoms with Crippen LogP contribution in [0.25, 0.3) is 0 Å². The number of carbonyl (C=O) groups excluding carboxylic acids is 3. The molecule has 0 saturated carbocycles. The van der Waals surface area contributed by atoms with Crippen LogP contribution in [-0.4, -0.2) is 68.9 Å². The summed E-state index contributed by atoms with van der Waals surface area (Å²) < 4.78 is 14.3. The number of hydrogen-bond donors (Lipinski definition) is 1. The van der Waals surface area contributed by atoms with Gasteiger partial charge < -0.3 is 24.4 Å². The highest BCUT2D eigenvalue weighted by atomic mass is 16.6. The van der Waals surface area contributed by atoms with Gasteiger partial charge in [-0.25, -0.2) is 4.79 Å². The molecule has 134 valence electrons. The third-order valence-electron chi connectivity index (χ3n) is 2.82. The summed E-state index contributed by atoms with van der Waals surface area (Å²) in [5.74, 6) is -0.652. The minimum Gasteiger partial charge on any atom is -0.469 e. The molecule has 0 saturated heterocycles. The highest BCUT2D eigenvalue weighted by molar-refractivity contribution is 5.70. The van der Waals surface area contributed by atoms with Gasteiger partial charge in [0, 0.05) is 26.2 Å². The Morgan fingerprint density at radius 2 is 1.39 bits per heavy atom. The highest BCUT2D eigenvalue weighted by Gasteiger charge is 2.16. The zero-order valence-electron chi connectivity index (χ0n) is 14.6. The van der Waals surface area contributed by atoms with Crippen molar-refractivity contribution in [2.24, 2.45) is 0 Å². The van der Waals surface area contributed by atoms with E-state index in [-0.39, 0.29) is 24.8 Å². The van der Waals surface area contributed by atoms with Gasteiger partial charge in [0.25, 0.3) is 0 Å². The average Bonchev–Trinajstić information content (AvgIpc) is 2.46. The molecule has 0 aliphatic rings. The molecule has 0 atom stereocenters. The van der Waals surface area contributed by atoms with Crippen molar-refractivity contribution in [1.82, 2.24) is 10.2 Å². The molecule has 1 amide bonds. The molecule has 0 aromatic carbocycles. The first kappa shape index (κ1) is 21.2. The molecule has 0 aliphatic carbocycles. The van der Waals surface area contributed by atoms with Gasteiger partial charge in [0.1, 0.15) is 5.60 Å². The van der Waals surface area contributed by atoms with Crippen LogP contribution in [-0.2, 0) is 23.8 Å². The Morgan fingerprint density at radius 1 is 0.913 bits per heavy atom. The summed E-state index contributed by atoms with van der Waals surface area (Å²) in [4.78, 5) is 35.9. The molecule has 0 fully saturated rings. The Kier molecular flexibility index (Phi) is 9.96. The Labute approximate surface area is 137 Å². The maximum Gasteiger partial charge on any atom is 0.407 e. The molecule has 0 radical (unpaired) electrons. The van der Waals surface area contributed by atoms with Gasteiger partial charge in [0.15, 0.2) is 0 Å². The van der Waals surface area contributed by atoms with Crippen molar-refractivity contribution in [3.63, 3.8) is 0 Å². The van der Waals surface area contributed by atoms with Crippen molar-refractivity contribution in [2.75, 3.05) is 40.4 Å². The first-order chi connectivity index (χ1) is 10.7. The van der Waals surface area contributed by atoms with Crippen LogP contribution in [0.2, 0.25) is 0 Å². The predicted octanol–water partition coefficient (Wildman–Crippen LogP) is 0.939. The third kappa shape index (κ3) is 12.4. The lowest BCUT2D eigenvalue weighted by Gasteiger charge is -2.23. The number of esters is 2. The summed E-state index contributed by atoms with van der Waals surface area (Å²) in [7, 11) is 2.65. The standard InChI is InChI=1S/C15H28N2O6/c1-15(2,3)23-14(20)16-8-11-17(9-6-12(18)21-4)10-7-13(19)22-5/h6-11H2,1-5H3,(H,16,20). The van der Waals surface area contributed by atoms with E-state index in [1.165, 1.54) is 14.2 Å². The molecule has 8 nitrogen and oxygen atoms in total. The third-order valence-corrected chi connectivity index (χ3v) is 2.82. The monoisotopic (exact) mass is 332 g/mol. The van der Waals surface area contributed by atoms with Gasteiger partial charge in [-0.1, -0.05) is 0 Å². The number of hydrogen-bond acceptors (Lipinski definition) is 7. The van der Waals surface area contributed by atoms with Crippen molar-refractivity contribution in [2.45, 2.75) is 39.2 Å². The summed E-state index contributed by atoms with van der Waals surface area (Å²) >= 11 is 0. The van der Waals surface area contributed by atoms with Gasteiger partial charge in [0.2, 0.25) is 0 Å². The molecule has 0 heterocycles. The van der Waals surface area contributed by atoms with E-state index in [4.69, 9.17) is 4.74 Å². The second-order valence-corrected chi connectivity index (χ2v) is 5.92. The van der Waals surface area contributed by atoms with Crippen LogP contribution in [0.5, 0.6) is 0 Å². The molecule has 0 aromatic rings. The quantitative estimate of drug-likeness (QED) is 0.496. The average molecular weight is 332 g/mol. The highest BCUT2D eigenvalue weighted by Crippen LogP contribution is 2.06. The summed E-state index contributed by atoms with van der Waals surface area (Å²) in [6, 6.07) is 0. The first-order valence-electron chi connectivity index (χ1n) is 7.50. The van der Waals surface area contributed by atoms with Gasteiger partial charge in [-0.2, -0.15) is 0 Å². The number of nitrogens with zero attached hydrogens (tertiary/aromatic N) is 1. The zero-order valence-corrected chi connectivity index (χ0v) is 14.6. The van der Waals surface area contributed by atoms with E-state index in [1.54, 1.807) is 20.8 Å². The molecule has 23 heavy (non-hydrogen) atoms. The number of amides is 1. The maximum atomic E-state index is 11.6. The summed E-state index contributed by atoms with van der Waals surface area (Å²) in [5, 5.41) is 2.64. The molecular formula is C15H28N2O6. The summed E-state index contributed by atoms with van der Waals surface area (Å²) in [5.41, 5.74) is -0.556. The van der Waals surface area contributed by atoms with Gasteiger partial charge in [-0.05, 0) is 20.8 Å². The number of alkyl carbamates (subject to hydrolysis) is 1. The minimum atomic E-state index is -0.556. The van der Waals surface area contributed by atoms with Gasteiger partial charge in [0.05, 0.1) is 27.1 Å². The normalized spacial score (nSPS) is 11.0. The summed E-state index contributed by atoms with van der Waals surface area (Å²) in [6.45, 7) is 7.03. The van der Waals surface area contributed by atoms with Crippen molar-refractivity contribution in [3.05, 3.63) is 0 Å². The maximum absolute atomic E-state index is 11.6. The van der Waals surface area contributed by atoms with Crippen molar-refractivity contribution in [3.8, 4) is 0 Å². The molecule has 0 aromatic heterocycles. The van der Waals surface area contributed by atoms with Crippen LogP contribution in [0, 0.1) is 0 Å². The largest absolute Gasteiger partial charge is 0.469 e. The van der Waals surface area contributed by atoms with Gasteiger partial charge >= 0.3 is 18.0 Å². The van der Waals surface area contributed by atoms with E-state index in [9.17, 15) is 14.4 Å². The zero-order chi connectivity index (χ0) is 17.9. The molecular weight excluding hydrogens is 304 g/mol. The number of ether oxygens (including phenoxy) is 3. The lowest BCUT2D eigenvalue weighted by molar-refractivity contribution is -0.141. The van der Waals surface area contributed by atoms with E-state index in [1.807, 2.05) is 4.90 Å². The van der Waals surface area contributed by atoms with Gasteiger partial charge in [-0.15, -0.1) is 0 Å². The van der Waals surface area contributed by atoms with E-state index >= 15 is 0 Å².